The second kappa shape index (κ2) is 6.70. The van der Waals surface area contributed by atoms with Crippen molar-refractivity contribution >= 4 is 18.2 Å². The normalized spacial score (nSPS) is 10.6. The lowest BCUT2D eigenvalue weighted by Gasteiger charge is -2.14. The third kappa shape index (κ3) is 4.08. The fourth-order valence-electron chi connectivity index (χ4n) is 2.00. The lowest BCUT2D eigenvalue weighted by Crippen LogP contribution is -2.24. The minimum absolute atomic E-state index is 0.220. The summed E-state index contributed by atoms with van der Waals surface area (Å²) in [5.41, 5.74) is 11.9. The van der Waals surface area contributed by atoms with Crippen LogP contribution in [0.15, 0.2) is 11.2 Å². The van der Waals surface area contributed by atoms with Gasteiger partial charge in [-0.05, 0) is 43.0 Å². The summed E-state index contributed by atoms with van der Waals surface area (Å²) >= 11 is 0. The van der Waals surface area contributed by atoms with Crippen molar-refractivity contribution in [3.05, 3.63) is 33.9 Å². The molecular formula is C14H19N3O3. The molecule has 0 bridgehead atoms. The summed E-state index contributed by atoms with van der Waals surface area (Å²) in [6.45, 7) is 7.42. The largest absolute Gasteiger partial charge is 0.461 e. The molecule has 0 spiro atoms. The van der Waals surface area contributed by atoms with Gasteiger partial charge in [-0.25, -0.2) is 10.2 Å². The molecule has 3 N–H and O–H groups in total. The molecule has 0 aliphatic carbocycles. The van der Waals surface area contributed by atoms with E-state index in [0.29, 0.717) is 0 Å². The summed E-state index contributed by atoms with van der Waals surface area (Å²) in [5.74, 6) is -0.324. The molecule has 0 unspecified atom stereocenters. The highest BCUT2D eigenvalue weighted by atomic mass is 16.5. The molecule has 0 fully saturated rings. The summed E-state index contributed by atoms with van der Waals surface area (Å²) in [5, 5.41) is 3.77. The first-order chi connectivity index (χ1) is 9.32. The van der Waals surface area contributed by atoms with E-state index in [0.717, 1.165) is 27.8 Å². The Morgan fingerprint density at radius 2 is 2.00 bits per heavy atom. The third-order valence-electron chi connectivity index (χ3n) is 2.98. The number of carbonyl (C=O) groups excluding carboxylic acids is 2. The number of amides is 2. The van der Waals surface area contributed by atoms with Gasteiger partial charge in [0.05, 0.1) is 6.21 Å². The van der Waals surface area contributed by atoms with Gasteiger partial charge in [0.25, 0.3) is 0 Å². The number of nitrogens with one attached hydrogen (secondary N) is 1. The van der Waals surface area contributed by atoms with E-state index in [1.165, 1.54) is 13.1 Å². The van der Waals surface area contributed by atoms with Crippen molar-refractivity contribution in [2.24, 2.45) is 10.8 Å². The Kier molecular flexibility index (Phi) is 5.25. The number of hydrazone groups is 1. The zero-order valence-corrected chi connectivity index (χ0v) is 12.1. The molecular weight excluding hydrogens is 258 g/mol. The Morgan fingerprint density at radius 3 is 2.55 bits per heavy atom. The highest BCUT2D eigenvalue weighted by molar-refractivity contribution is 5.85. The topological polar surface area (TPSA) is 93.8 Å². The van der Waals surface area contributed by atoms with Crippen molar-refractivity contribution in [3.63, 3.8) is 0 Å². The van der Waals surface area contributed by atoms with Gasteiger partial charge in [0.1, 0.15) is 6.61 Å². The summed E-state index contributed by atoms with van der Waals surface area (Å²) in [6.07, 6.45) is 1.53. The molecule has 0 aliphatic heterocycles. The van der Waals surface area contributed by atoms with Crippen molar-refractivity contribution in [3.8, 4) is 0 Å². The van der Waals surface area contributed by atoms with E-state index >= 15 is 0 Å². The summed E-state index contributed by atoms with van der Waals surface area (Å²) in [4.78, 5) is 21.5. The maximum Gasteiger partial charge on any atom is 0.332 e. The minimum atomic E-state index is -0.719. The van der Waals surface area contributed by atoms with Crippen molar-refractivity contribution in [1.29, 1.82) is 0 Å². The van der Waals surface area contributed by atoms with E-state index in [-0.39, 0.29) is 12.6 Å². The summed E-state index contributed by atoms with van der Waals surface area (Å²) < 4.78 is 5.05. The molecule has 0 saturated carbocycles. The Hall–Kier alpha value is -2.37. The second-order valence-electron chi connectivity index (χ2n) is 4.54. The Bertz CT molecular complexity index is 565. The van der Waals surface area contributed by atoms with Crippen LogP contribution < -0.4 is 11.2 Å². The number of hydrogen-bond acceptors (Lipinski definition) is 4. The smallest absolute Gasteiger partial charge is 0.332 e. The quantitative estimate of drug-likeness (QED) is 0.498. The first-order valence-electron chi connectivity index (χ1n) is 6.14. The monoisotopic (exact) mass is 277 g/mol. The molecule has 0 aromatic heterocycles. The number of aryl methyl sites for hydroxylation is 2. The average Bonchev–Trinajstić information content (AvgIpc) is 2.32. The number of nitrogens with two attached hydrogens (primary N) is 1. The van der Waals surface area contributed by atoms with Gasteiger partial charge < -0.3 is 10.5 Å². The molecule has 1 aromatic rings. The molecule has 2 amide bonds. The first kappa shape index (κ1) is 15.7. The number of primary amides is 1. The Labute approximate surface area is 118 Å². The summed E-state index contributed by atoms with van der Waals surface area (Å²) in [7, 11) is 0. The minimum Gasteiger partial charge on any atom is -0.461 e. The van der Waals surface area contributed by atoms with Crippen LogP contribution >= 0.6 is 0 Å². The van der Waals surface area contributed by atoms with Crippen LogP contribution in [0.4, 0.5) is 4.79 Å². The highest BCUT2D eigenvalue weighted by Crippen LogP contribution is 2.22. The van der Waals surface area contributed by atoms with Crippen molar-refractivity contribution in [2.75, 3.05) is 0 Å². The van der Waals surface area contributed by atoms with Gasteiger partial charge in [-0.2, -0.15) is 5.10 Å². The number of urea groups is 1. The van der Waals surface area contributed by atoms with E-state index in [1.807, 2.05) is 26.8 Å². The van der Waals surface area contributed by atoms with E-state index in [1.54, 1.807) is 0 Å². The van der Waals surface area contributed by atoms with E-state index < -0.39 is 6.03 Å². The number of ether oxygens (including phenoxy) is 1. The number of rotatable bonds is 4. The molecule has 0 aliphatic rings. The van der Waals surface area contributed by atoms with E-state index in [4.69, 9.17) is 10.5 Å². The first-order valence-corrected chi connectivity index (χ1v) is 6.14. The fourth-order valence-corrected chi connectivity index (χ4v) is 2.00. The standard InChI is InChI=1S/C14H19N3O3/c1-8-5-9(2)13(7-20-11(4)18)10(3)12(8)6-16-17-14(15)19/h5-6H,7H2,1-4H3,(H3,15,17,19). The van der Waals surface area contributed by atoms with Gasteiger partial charge >= 0.3 is 12.0 Å². The van der Waals surface area contributed by atoms with Gasteiger partial charge in [0.2, 0.25) is 0 Å². The van der Waals surface area contributed by atoms with Crippen molar-refractivity contribution in [2.45, 2.75) is 34.3 Å². The van der Waals surface area contributed by atoms with Crippen LogP contribution in [-0.2, 0) is 16.1 Å². The van der Waals surface area contributed by atoms with Crippen molar-refractivity contribution in [1.82, 2.24) is 5.43 Å². The molecule has 6 heteroatoms. The molecule has 0 atom stereocenters. The second-order valence-corrected chi connectivity index (χ2v) is 4.54. The predicted octanol–water partition coefficient (Wildman–Crippen LogP) is 1.68. The number of esters is 1. The van der Waals surface area contributed by atoms with Crippen LogP contribution in [-0.4, -0.2) is 18.2 Å². The molecule has 108 valence electrons. The molecule has 0 saturated heterocycles. The zero-order chi connectivity index (χ0) is 15.3. The van der Waals surface area contributed by atoms with Gasteiger partial charge in [0, 0.05) is 12.5 Å². The predicted molar refractivity (Wildman–Crippen MR) is 76.4 cm³/mol. The Morgan fingerprint density at radius 1 is 1.35 bits per heavy atom. The Balaban J connectivity index is 3.11. The molecule has 1 rings (SSSR count). The summed E-state index contributed by atoms with van der Waals surface area (Å²) in [6, 6.07) is 1.26. The van der Waals surface area contributed by atoms with E-state index in [9.17, 15) is 9.59 Å². The SMILES string of the molecule is CC(=O)OCc1c(C)cc(C)c(C=NNC(N)=O)c1C. The fraction of sp³-hybridized carbons (Fsp3) is 0.357. The number of nitrogens with zero attached hydrogens (tertiary/aromatic N) is 1. The number of benzene rings is 1. The molecule has 0 heterocycles. The molecule has 6 nitrogen and oxygen atoms in total. The van der Waals surface area contributed by atoms with Gasteiger partial charge in [-0.15, -0.1) is 0 Å². The lowest BCUT2D eigenvalue weighted by atomic mass is 9.94. The number of carbonyl (C=O) groups is 2. The number of hydrogen-bond donors (Lipinski definition) is 2. The van der Waals surface area contributed by atoms with Crippen LogP contribution in [0.3, 0.4) is 0 Å². The van der Waals surface area contributed by atoms with Crippen LogP contribution in [0.2, 0.25) is 0 Å². The van der Waals surface area contributed by atoms with Crippen LogP contribution in [0, 0.1) is 20.8 Å². The lowest BCUT2D eigenvalue weighted by molar-refractivity contribution is -0.142. The van der Waals surface area contributed by atoms with Gasteiger partial charge in [-0.3, -0.25) is 4.79 Å². The van der Waals surface area contributed by atoms with E-state index in [2.05, 4.69) is 10.5 Å². The van der Waals surface area contributed by atoms with Crippen LogP contribution in [0.25, 0.3) is 0 Å². The maximum absolute atomic E-state index is 10.9. The van der Waals surface area contributed by atoms with Crippen LogP contribution in [0.1, 0.15) is 34.7 Å². The molecule has 0 radical (unpaired) electrons. The van der Waals surface area contributed by atoms with Crippen molar-refractivity contribution < 1.29 is 14.3 Å². The van der Waals surface area contributed by atoms with Crippen LogP contribution in [0.5, 0.6) is 0 Å². The third-order valence-corrected chi connectivity index (χ3v) is 2.98. The maximum atomic E-state index is 10.9. The zero-order valence-electron chi connectivity index (χ0n) is 12.1. The highest BCUT2D eigenvalue weighted by Gasteiger charge is 2.11. The average molecular weight is 277 g/mol. The molecule has 1 aromatic carbocycles. The van der Waals surface area contributed by atoms with Gasteiger partial charge in [0.15, 0.2) is 0 Å². The van der Waals surface area contributed by atoms with Gasteiger partial charge in [-0.1, -0.05) is 6.07 Å². The molecule has 20 heavy (non-hydrogen) atoms.